The van der Waals surface area contributed by atoms with Crippen LogP contribution in [0.25, 0.3) is 0 Å². The van der Waals surface area contributed by atoms with E-state index in [9.17, 15) is 13.2 Å². The van der Waals surface area contributed by atoms with Crippen LogP contribution in [0, 0.1) is 0 Å². The average Bonchev–Trinajstić information content (AvgIpc) is 3.23. The zero-order valence-electron chi connectivity index (χ0n) is 11.2. The number of anilines is 1. The molecule has 1 saturated carbocycles. The molecule has 0 bridgehead atoms. The Labute approximate surface area is 119 Å². The lowest BCUT2D eigenvalue weighted by molar-refractivity contribution is -0.119. The zero-order valence-corrected chi connectivity index (χ0v) is 12.0. The Balaban J connectivity index is 1.89. The van der Waals surface area contributed by atoms with Crippen LogP contribution in [0.15, 0.2) is 29.2 Å². The number of piperidine rings is 1. The molecule has 1 saturated heterocycles. The number of hydrogen-bond donors (Lipinski definition) is 1. The van der Waals surface area contributed by atoms with Gasteiger partial charge in [0.2, 0.25) is 10.0 Å². The monoisotopic (exact) mass is 294 g/mol. The molecule has 0 atom stereocenters. The standard InChI is InChI=1S/C14H18N2O3S/c17-12-7-9-16(10-8-12)13-3-1-2-4-14(13)20(18,19)15-11-5-6-11/h1-4,11,15H,5-10H2. The van der Waals surface area contributed by atoms with E-state index in [0.717, 1.165) is 12.8 Å². The highest BCUT2D eigenvalue weighted by molar-refractivity contribution is 7.89. The highest BCUT2D eigenvalue weighted by Gasteiger charge is 2.30. The van der Waals surface area contributed by atoms with Crippen LogP contribution in [-0.2, 0) is 14.8 Å². The molecule has 3 rings (SSSR count). The van der Waals surface area contributed by atoms with E-state index in [2.05, 4.69) is 4.72 Å². The van der Waals surface area contributed by atoms with Gasteiger partial charge in [0.05, 0.1) is 5.69 Å². The molecular formula is C14H18N2O3S. The number of ketones is 1. The summed E-state index contributed by atoms with van der Waals surface area (Å²) in [6.07, 6.45) is 2.81. The summed E-state index contributed by atoms with van der Waals surface area (Å²) in [5.74, 6) is 0.248. The van der Waals surface area contributed by atoms with Gasteiger partial charge in [0.25, 0.3) is 0 Å². The number of Topliss-reactive ketones (excluding diaryl/α,β-unsaturated/α-hetero) is 1. The summed E-state index contributed by atoms with van der Waals surface area (Å²) in [5.41, 5.74) is 0.702. The van der Waals surface area contributed by atoms with Crippen molar-refractivity contribution in [1.29, 1.82) is 0 Å². The third-order valence-electron chi connectivity index (χ3n) is 3.72. The molecule has 2 aliphatic rings. The van der Waals surface area contributed by atoms with Crippen molar-refractivity contribution in [3.05, 3.63) is 24.3 Å². The van der Waals surface area contributed by atoms with E-state index in [4.69, 9.17) is 0 Å². The summed E-state index contributed by atoms with van der Waals surface area (Å²) in [5, 5.41) is 0. The minimum absolute atomic E-state index is 0.0935. The van der Waals surface area contributed by atoms with Gasteiger partial charge in [-0.15, -0.1) is 0 Å². The second-order valence-corrected chi connectivity index (χ2v) is 7.07. The number of benzene rings is 1. The molecule has 5 nitrogen and oxygen atoms in total. The number of hydrogen-bond acceptors (Lipinski definition) is 4. The molecule has 0 unspecified atom stereocenters. The second-order valence-electron chi connectivity index (χ2n) is 5.39. The molecule has 0 spiro atoms. The van der Waals surface area contributed by atoms with Crippen molar-refractivity contribution in [2.45, 2.75) is 36.6 Å². The Bertz CT molecular complexity index is 613. The Morgan fingerprint density at radius 2 is 1.75 bits per heavy atom. The van der Waals surface area contributed by atoms with Crippen molar-refractivity contribution in [2.75, 3.05) is 18.0 Å². The van der Waals surface area contributed by atoms with Crippen LogP contribution < -0.4 is 9.62 Å². The Hall–Kier alpha value is -1.40. The Kier molecular flexibility index (Phi) is 3.52. The van der Waals surface area contributed by atoms with Gasteiger partial charge >= 0.3 is 0 Å². The van der Waals surface area contributed by atoms with Gasteiger partial charge in [0, 0.05) is 32.0 Å². The van der Waals surface area contributed by atoms with Gasteiger partial charge in [-0.05, 0) is 25.0 Å². The van der Waals surface area contributed by atoms with Crippen LogP contribution >= 0.6 is 0 Å². The SMILES string of the molecule is O=C1CCN(c2ccccc2S(=O)(=O)NC2CC2)CC1. The van der Waals surface area contributed by atoms with Crippen LogP contribution in [0.5, 0.6) is 0 Å². The van der Waals surface area contributed by atoms with Gasteiger partial charge in [0.1, 0.15) is 10.7 Å². The van der Waals surface area contributed by atoms with Gasteiger partial charge in [-0.3, -0.25) is 4.79 Å². The molecule has 1 N–H and O–H groups in total. The Morgan fingerprint density at radius 1 is 1.10 bits per heavy atom. The number of sulfonamides is 1. The van der Waals surface area contributed by atoms with E-state index in [1.807, 2.05) is 17.0 Å². The lowest BCUT2D eigenvalue weighted by atomic mass is 10.1. The van der Waals surface area contributed by atoms with Gasteiger partial charge in [0.15, 0.2) is 0 Å². The fourth-order valence-electron chi connectivity index (χ4n) is 2.43. The van der Waals surface area contributed by atoms with E-state index >= 15 is 0 Å². The topological polar surface area (TPSA) is 66.5 Å². The molecule has 2 fully saturated rings. The van der Waals surface area contributed by atoms with Crippen LogP contribution in [0.1, 0.15) is 25.7 Å². The van der Waals surface area contributed by atoms with Crippen molar-refractivity contribution < 1.29 is 13.2 Å². The van der Waals surface area contributed by atoms with Crippen molar-refractivity contribution in [3.63, 3.8) is 0 Å². The van der Waals surface area contributed by atoms with Crippen molar-refractivity contribution in [1.82, 2.24) is 4.72 Å². The molecule has 1 heterocycles. The number of carbonyl (C=O) groups excluding carboxylic acids is 1. The Morgan fingerprint density at radius 3 is 2.40 bits per heavy atom. The minimum Gasteiger partial charge on any atom is -0.370 e. The molecule has 0 amide bonds. The van der Waals surface area contributed by atoms with Crippen LogP contribution in [0.2, 0.25) is 0 Å². The summed E-state index contributed by atoms with van der Waals surface area (Å²) in [6.45, 7) is 1.18. The lowest BCUT2D eigenvalue weighted by Crippen LogP contribution is -2.35. The first kappa shape index (κ1) is 13.6. The van der Waals surface area contributed by atoms with E-state index in [0.29, 0.717) is 36.5 Å². The molecule has 1 aliphatic heterocycles. The fourth-order valence-corrected chi connectivity index (χ4v) is 3.96. The van der Waals surface area contributed by atoms with Crippen molar-refractivity contribution in [3.8, 4) is 0 Å². The number of rotatable bonds is 4. The third-order valence-corrected chi connectivity index (χ3v) is 5.28. The van der Waals surface area contributed by atoms with Gasteiger partial charge in [-0.1, -0.05) is 12.1 Å². The molecular weight excluding hydrogens is 276 g/mol. The molecule has 0 aromatic heterocycles. The summed E-state index contributed by atoms with van der Waals surface area (Å²) in [7, 11) is -3.47. The quantitative estimate of drug-likeness (QED) is 0.909. The number of nitrogens with zero attached hydrogens (tertiary/aromatic N) is 1. The normalized spacial score (nSPS) is 20.2. The maximum Gasteiger partial charge on any atom is 0.242 e. The summed E-state index contributed by atoms with van der Waals surface area (Å²) < 4.78 is 27.5. The van der Waals surface area contributed by atoms with E-state index in [1.54, 1.807) is 12.1 Å². The molecule has 1 aromatic rings. The molecule has 1 aliphatic carbocycles. The summed E-state index contributed by atoms with van der Waals surface area (Å²) in [6, 6.07) is 7.12. The average molecular weight is 294 g/mol. The second kappa shape index (κ2) is 5.18. The zero-order chi connectivity index (χ0) is 14.2. The smallest absolute Gasteiger partial charge is 0.242 e. The highest BCUT2D eigenvalue weighted by atomic mass is 32.2. The predicted molar refractivity (Wildman–Crippen MR) is 76.2 cm³/mol. The molecule has 6 heteroatoms. The molecule has 0 radical (unpaired) electrons. The fraction of sp³-hybridized carbons (Fsp3) is 0.500. The number of para-hydroxylation sites is 1. The number of nitrogens with one attached hydrogen (secondary N) is 1. The first-order chi connectivity index (χ1) is 9.56. The van der Waals surface area contributed by atoms with Crippen molar-refractivity contribution in [2.24, 2.45) is 0 Å². The van der Waals surface area contributed by atoms with E-state index < -0.39 is 10.0 Å². The predicted octanol–water partition coefficient (Wildman–Crippen LogP) is 1.30. The first-order valence-corrected chi connectivity index (χ1v) is 8.42. The third kappa shape index (κ3) is 2.86. The number of carbonyl (C=O) groups is 1. The van der Waals surface area contributed by atoms with Crippen LogP contribution in [0.3, 0.4) is 0 Å². The first-order valence-electron chi connectivity index (χ1n) is 6.94. The summed E-state index contributed by atoms with van der Waals surface area (Å²) >= 11 is 0. The van der Waals surface area contributed by atoms with E-state index in [1.165, 1.54) is 0 Å². The van der Waals surface area contributed by atoms with Gasteiger partial charge in [-0.2, -0.15) is 0 Å². The van der Waals surface area contributed by atoms with Gasteiger partial charge < -0.3 is 4.90 Å². The molecule has 1 aromatic carbocycles. The maximum atomic E-state index is 12.4. The van der Waals surface area contributed by atoms with Crippen LogP contribution in [-0.4, -0.2) is 33.3 Å². The molecule has 20 heavy (non-hydrogen) atoms. The lowest BCUT2D eigenvalue weighted by Gasteiger charge is -2.29. The van der Waals surface area contributed by atoms with E-state index in [-0.39, 0.29) is 11.8 Å². The highest BCUT2D eigenvalue weighted by Crippen LogP contribution is 2.29. The minimum atomic E-state index is -3.47. The maximum absolute atomic E-state index is 12.4. The largest absolute Gasteiger partial charge is 0.370 e. The molecule has 108 valence electrons. The van der Waals surface area contributed by atoms with Crippen molar-refractivity contribution >= 4 is 21.5 Å². The van der Waals surface area contributed by atoms with Gasteiger partial charge in [-0.25, -0.2) is 13.1 Å². The summed E-state index contributed by atoms with van der Waals surface area (Å²) in [4.78, 5) is 13.6. The van der Waals surface area contributed by atoms with Crippen LogP contribution in [0.4, 0.5) is 5.69 Å².